The smallest absolute Gasteiger partial charge is 0.228 e. The second-order valence-electron chi connectivity index (χ2n) is 4.41. The third kappa shape index (κ3) is 4.03. The zero-order chi connectivity index (χ0) is 15.4. The van der Waals surface area contributed by atoms with E-state index in [4.69, 9.17) is 18.0 Å². The van der Waals surface area contributed by atoms with Crippen molar-refractivity contribution < 1.29 is 9.90 Å². The highest BCUT2D eigenvalue weighted by Gasteiger charge is 2.10. The molecule has 0 fully saturated rings. The number of anilines is 1. The van der Waals surface area contributed by atoms with E-state index in [9.17, 15) is 9.90 Å². The molecule has 0 heterocycles. The van der Waals surface area contributed by atoms with E-state index in [1.54, 1.807) is 42.5 Å². The van der Waals surface area contributed by atoms with E-state index in [0.29, 0.717) is 20.7 Å². The van der Waals surface area contributed by atoms with Crippen molar-refractivity contribution in [1.82, 2.24) is 0 Å². The Morgan fingerprint density at radius 3 is 2.62 bits per heavy atom. The molecular formula is C15H13BrN2O2S. The van der Waals surface area contributed by atoms with Crippen LogP contribution in [0.1, 0.15) is 11.1 Å². The van der Waals surface area contributed by atoms with Crippen LogP contribution in [0.5, 0.6) is 5.75 Å². The Morgan fingerprint density at radius 2 is 2.00 bits per heavy atom. The van der Waals surface area contributed by atoms with Crippen LogP contribution in [0.3, 0.4) is 0 Å². The van der Waals surface area contributed by atoms with Crippen LogP contribution < -0.4 is 11.1 Å². The summed E-state index contributed by atoms with van der Waals surface area (Å²) in [5.74, 6) is -0.115. The van der Waals surface area contributed by atoms with Gasteiger partial charge in [-0.05, 0) is 40.2 Å². The van der Waals surface area contributed by atoms with Crippen LogP contribution in [-0.2, 0) is 11.2 Å². The average Bonchev–Trinajstić information content (AvgIpc) is 2.43. The highest BCUT2D eigenvalue weighted by molar-refractivity contribution is 9.10. The SMILES string of the molecule is NC(=S)c1ccc(NC(=O)Cc2ccccc2O)c(Br)c1. The van der Waals surface area contributed by atoms with Crippen molar-refractivity contribution in [1.29, 1.82) is 0 Å². The summed E-state index contributed by atoms with van der Waals surface area (Å²) < 4.78 is 0.693. The van der Waals surface area contributed by atoms with E-state index in [1.165, 1.54) is 0 Å². The summed E-state index contributed by atoms with van der Waals surface area (Å²) in [6.45, 7) is 0. The number of hydrogen-bond acceptors (Lipinski definition) is 3. The third-order valence-electron chi connectivity index (χ3n) is 2.87. The second kappa shape index (κ2) is 6.69. The number of carbonyl (C=O) groups is 1. The topological polar surface area (TPSA) is 75.3 Å². The van der Waals surface area contributed by atoms with Crippen molar-refractivity contribution in [2.75, 3.05) is 5.32 Å². The fourth-order valence-corrected chi connectivity index (χ4v) is 2.40. The number of amides is 1. The summed E-state index contributed by atoms with van der Waals surface area (Å²) in [6, 6.07) is 12.0. The van der Waals surface area contributed by atoms with Crippen LogP contribution in [0, 0.1) is 0 Å². The summed E-state index contributed by atoms with van der Waals surface area (Å²) in [5.41, 5.74) is 7.46. The molecule has 0 unspecified atom stereocenters. The molecule has 0 aromatic heterocycles. The molecule has 4 N–H and O–H groups in total. The van der Waals surface area contributed by atoms with Gasteiger partial charge in [0, 0.05) is 15.6 Å². The third-order valence-corrected chi connectivity index (χ3v) is 3.76. The van der Waals surface area contributed by atoms with Gasteiger partial charge in [0.25, 0.3) is 0 Å². The summed E-state index contributed by atoms with van der Waals surface area (Å²) >= 11 is 8.26. The van der Waals surface area contributed by atoms with Gasteiger partial charge < -0.3 is 16.2 Å². The Balaban J connectivity index is 2.10. The predicted molar refractivity (Wildman–Crippen MR) is 90.5 cm³/mol. The van der Waals surface area contributed by atoms with Crippen LogP contribution in [0.2, 0.25) is 0 Å². The number of nitrogens with two attached hydrogens (primary N) is 1. The van der Waals surface area contributed by atoms with Crippen LogP contribution in [-0.4, -0.2) is 16.0 Å². The quantitative estimate of drug-likeness (QED) is 0.729. The second-order valence-corrected chi connectivity index (χ2v) is 5.71. The maximum Gasteiger partial charge on any atom is 0.228 e. The Hall–Kier alpha value is -1.92. The standard InChI is InChI=1S/C15H13BrN2O2S/c16-11-7-10(15(17)21)5-6-12(11)18-14(20)8-9-3-1-2-4-13(9)19/h1-7,19H,8H2,(H2,17,21)(H,18,20). The first-order valence-corrected chi connectivity index (χ1v) is 7.33. The molecule has 0 aliphatic carbocycles. The number of carbonyl (C=O) groups excluding carboxylic acids is 1. The molecule has 0 saturated carbocycles. The summed E-state index contributed by atoms with van der Waals surface area (Å²) in [5, 5.41) is 12.4. The van der Waals surface area contributed by atoms with Crippen molar-refractivity contribution in [3.8, 4) is 5.75 Å². The fourth-order valence-electron chi connectivity index (χ4n) is 1.80. The lowest BCUT2D eigenvalue weighted by Crippen LogP contribution is -2.15. The van der Waals surface area contributed by atoms with Gasteiger partial charge in [0.1, 0.15) is 10.7 Å². The van der Waals surface area contributed by atoms with Crippen molar-refractivity contribution in [2.24, 2.45) is 5.73 Å². The summed E-state index contributed by atoms with van der Waals surface area (Å²) in [7, 11) is 0. The molecular weight excluding hydrogens is 352 g/mol. The molecule has 1 amide bonds. The fraction of sp³-hybridized carbons (Fsp3) is 0.0667. The lowest BCUT2D eigenvalue weighted by molar-refractivity contribution is -0.115. The van der Waals surface area contributed by atoms with E-state index >= 15 is 0 Å². The number of phenolic OH excluding ortho intramolecular Hbond substituents is 1. The lowest BCUT2D eigenvalue weighted by Gasteiger charge is -2.09. The van der Waals surface area contributed by atoms with Gasteiger partial charge in [0.2, 0.25) is 5.91 Å². The van der Waals surface area contributed by atoms with Gasteiger partial charge in [-0.25, -0.2) is 0 Å². The first kappa shape index (κ1) is 15.5. The number of rotatable bonds is 4. The minimum Gasteiger partial charge on any atom is -0.508 e. The predicted octanol–water partition coefficient (Wildman–Crippen LogP) is 2.97. The molecule has 2 rings (SSSR count). The van der Waals surface area contributed by atoms with Gasteiger partial charge in [-0.15, -0.1) is 0 Å². The minimum absolute atomic E-state index is 0.0934. The zero-order valence-corrected chi connectivity index (χ0v) is 13.4. The first-order valence-electron chi connectivity index (χ1n) is 6.13. The maximum absolute atomic E-state index is 12.0. The minimum atomic E-state index is -0.222. The highest BCUT2D eigenvalue weighted by Crippen LogP contribution is 2.24. The summed E-state index contributed by atoms with van der Waals surface area (Å²) in [6.07, 6.45) is 0.0934. The number of nitrogens with one attached hydrogen (secondary N) is 1. The Labute approximate surface area is 136 Å². The number of benzene rings is 2. The van der Waals surface area contributed by atoms with E-state index in [1.807, 2.05) is 0 Å². The molecule has 0 aliphatic heterocycles. The molecule has 2 aromatic carbocycles. The van der Waals surface area contributed by atoms with Crippen molar-refractivity contribution in [3.63, 3.8) is 0 Å². The van der Waals surface area contributed by atoms with Gasteiger partial charge in [-0.3, -0.25) is 4.79 Å². The van der Waals surface area contributed by atoms with Crippen molar-refractivity contribution >= 4 is 44.7 Å². The normalized spacial score (nSPS) is 10.1. The molecule has 0 radical (unpaired) electrons. The van der Waals surface area contributed by atoms with Crippen LogP contribution in [0.4, 0.5) is 5.69 Å². The van der Waals surface area contributed by atoms with Crippen molar-refractivity contribution in [3.05, 3.63) is 58.1 Å². The van der Waals surface area contributed by atoms with Crippen LogP contribution in [0.15, 0.2) is 46.9 Å². The lowest BCUT2D eigenvalue weighted by atomic mass is 10.1. The van der Waals surface area contributed by atoms with E-state index in [-0.39, 0.29) is 18.1 Å². The molecule has 0 saturated heterocycles. The Bertz CT molecular complexity index is 704. The van der Waals surface area contributed by atoms with Crippen molar-refractivity contribution in [2.45, 2.75) is 6.42 Å². The van der Waals surface area contributed by atoms with Crippen LogP contribution >= 0.6 is 28.1 Å². The largest absolute Gasteiger partial charge is 0.508 e. The number of thiocarbonyl (C=S) groups is 1. The Morgan fingerprint density at radius 1 is 1.29 bits per heavy atom. The zero-order valence-electron chi connectivity index (χ0n) is 11.0. The molecule has 108 valence electrons. The first-order chi connectivity index (χ1) is 9.97. The Kier molecular flexibility index (Phi) is 4.93. The number of halogens is 1. The molecule has 21 heavy (non-hydrogen) atoms. The van der Waals surface area contributed by atoms with E-state index in [0.717, 1.165) is 5.56 Å². The van der Waals surface area contributed by atoms with E-state index in [2.05, 4.69) is 21.2 Å². The molecule has 0 spiro atoms. The number of para-hydroxylation sites is 1. The molecule has 0 atom stereocenters. The monoisotopic (exact) mass is 364 g/mol. The average molecular weight is 365 g/mol. The highest BCUT2D eigenvalue weighted by atomic mass is 79.9. The molecule has 0 aliphatic rings. The van der Waals surface area contributed by atoms with Gasteiger partial charge in [0.05, 0.1) is 12.1 Å². The number of hydrogen-bond donors (Lipinski definition) is 3. The summed E-state index contributed by atoms with van der Waals surface area (Å²) in [4.78, 5) is 12.3. The molecule has 2 aromatic rings. The molecule has 4 nitrogen and oxygen atoms in total. The number of aromatic hydroxyl groups is 1. The van der Waals surface area contributed by atoms with Gasteiger partial charge in [0.15, 0.2) is 0 Å². The van der Waals surface area contributed by atoms with Gasteiger partial charge in [-0.1, -0.05) is 30.4 Å². The molecule has 6 heteroatoms. The van der Waals surface area contributed by atoms with E-state index < -0.39 is 0 Å². The maximum atomic E-state index is 12.0. The van der Waals surface area contributed by atoms with Gasteiger partial charge in [-0.2, -0.15) is 0 Å². The molecule has 0 bridgehead atoms. The van der Waals surface area contributed by atoms with Gasteiger partial charge >= 0.3 is 0 Å². The van der Waals surface area contributed by atoms with Crippen LogP contribution in [0.25, 0.3) is 0 Å². The number of phenols is 1.